The van der Waals surface area contributed by atoms with Gasteiger partial charge in [0.2, 0.25) is 0 Å². The molecule has 4 nitrogen and oxygen atoms in total. The van der Waals surface area contributed by atoms with Gasteiger partial charge in [0.1, 0.15) is 5.75 Å². The second-order valence-electron chi connectivity index (χ2n) is 4.84. The van der Waals surface area contributed by atoms with Gasteiger partial charge in [-0.15, -0.1) is 0 Å². The molecule has 110 valence electrons. The maximum atomic E-state index is 12.6. The molecular weight excluding hydrogens is 264 g/mol. The first-order valence-corrected chi connectivity index (χ1v) is 6.87. The van der Waals surface area contributed by atoms with Crippen LogP contribution in [0.5, 0.6) is 5.75 Å². The highest BCUT2D eigenvalue weighted by molar-refractivity contribution is 6.09. The van der Waals surface area contributed by atoms with E-state index in [4.69, 9.17) is 10.5 Å². The molecule has 2 rings (SSSR count). The normalized spacial score (nSPS) is 10.2. The molecule has 0 fully saturated rings. The summed E-state index contributed by atoms with van der Waals surface area (Å²) in [7, 11) is 3.30. The lowest BCUT2D eigenvalue weighted by atomic mass is 10.1. The van der Waals surface area contributed by atoms with E-state index in [0.29, 0.717) is 17.0 Å². The molecule has 1 amide bonds. The van der Waals surface area contributed by atoms with Crippen molar-refractivity contribution < 1.29 is 9.53 Å². The van der Waals surface area contributed by atoms with Crippen LogP contribution in [0.1, 0.15) is 22.8 Å². The Morgan fingerprint density at radius 2 is 1.86 bits per heavy atom. The molecule has 0 saturated heterocycles. The van der Waals surface area contributed by atoms with Crippen LogP contribution in [0.25, 0.3) is 0 Å². The van der Waals surface area contributed by atoms with Gasteiger partial charge >= 0.3 is 0 Å². The number of aryl methyl sites for hydroxylation is 1. The molecule has 2 aromatic carbocycles. The molecule has 0 atom stereocenters. The lowest BCUT2D eigenvalue weighted by molar-refractivity contribution is 0.0993. The van der Waals surface area contributed by atoms with E-state index in [1.54, 1.807) is 37.3 Å². The van der Waals surface area contributed by atoms with Crippen molar-refractivity contribution in [3.8, 4) is 5.75 Å². The molecule has 0 saturated carbocycles. The smallest absolute Gasteiger partial charge is 0.260 e. The van der Waals surface area contributed by atoms with Crippen molar-refractivity contribution in [1.82, 2.24) is 0 Å². The minimum absolute atomic E-state index is 0.157. The van der Waals surface area contributed by atoms with Crippen molar-refractivity contribution in [1.29, 1.82) is 0 Å². The summed E-state index contributed by atoms with van der Waals surface area (Å²) >= 11 is 0. The first-order chi connectivity index (χ1) is 10.1. The number of nitrogen functional groups attached to an aromatic ring is 1. The van der Waals surface area contributed by atoms with Crippen LogP contribution in [0.15, 0.2) is 42.5 Å². The minimum Gasteiger partial charge on any atom is -0.497 e. The van der Waals surface area contributed by atoms with E-state index in [-0.39, 0.29) is 5.91 Å². The number of benzene rings is 2. The number of anilines is 2. The van der Waals surface area contributed by atoms with Gasteiger partial charge in [0, 0.05) is 18.4 Å². The second-order valence-corrected chi connectivity index (χ2v) is 4.84. The van der Waals surface area contributed by atoms with E-state index in [9.17, 15) is 4.79 Å². The fourth-order valence-electron chi connectivity index (χ4n) is 2.10. The summed E-state index contributed by atoms with van der Waals surface area (Å²) in [5.74, 6) is 0.456. The molecule has 0 spiro atoms. The monoisotopic (exact) mass is 284 g/mol. The van der Waals surface area contributed by atoms with Gasteiger partial charge in [-0.1, -0.05) is 19.1 Å². The fraction of sp³-hybridized carbons (Fsp3) is 0.235. The van der Waals surface area contributed by atoms with Gasteiger partial charge in [-0.2, -0.15) is 0 Å². The maximum absolute atomic E-state index is 12.6. The molecule has 2 N–H and O–H groups in total. The number of hydrogen-bond donors (Lipinski definition) is 1. The van der Waals surface area contributed by atoms with Gasteiger partial charge < -0.3 is 15.4 Å². The predicted molar refractivity (Wildman–Crippen MR) is 86.0 cm³/mol. The summed E-state index contributed by atoms with van der Waals surface area (Å²) < 4.78 is 5.15. The molecule has 0 bridgehead atoms. The molecule has 2 aromatic rings. The highest BCUT2D eigenvalue weighted by Crippen LogP contribution is 2.23. The Balaban J connectivity index is 2.29. The topological polar surface area (TPSA) is 55.6 Å². The van der Waals surface area contributed by atoms with E-state index in [1.165, 1.54) is 5.56 Å². The van der Waals surface area contributed by atoms with Crippen LogP contribution >= 0.6 is 0 Å². The number of nitrogens with zero attached hydrogens (tertiary/aromatic N) is 1. The van der Waals surface area contributed by atoms with Crippen LogP contribution in [0.4, 0.5) is 11.4 Å². The van der Waals surface area contributed by atoms with Crippen LogP contribution in [0.2, 0.25) is 0 Å². The molecule has 0 aliphatic heterocycles. The lowest BCUT2D eigenvalue weighted by Crippen LogP contribution is -2.27. The van der Waals surface area contributed by atoms with Crippen LogP contribution in [0, 0.1) is 0 Å². The maximum Gasteiger partial charge on any atom is 0.260 e. The Kier molecular flexibility index (Phi) is 4.48. The number of nitrogens with two attached hydrogens (primary N) is 1. The molecule has 0 aliphatic carbocycles. The van der Waals surface area contributed by atoms with Crippen molar-refractivity contribution in [2.24, 2.45) is 0 Å². The van der Waals surface area contributed by atoms with Crippen molar-refractivity contribution in [2.75, 3.05) is 24.8 Å². The Morgan fingerprint density at radius 1 is 1.19 bits per heavy atom. The van der Waals surface area contributed by atoms with Crippen LogP contribution in [-0.4, -0.2) is 20.1 Å². The number of ether oxygens (including phenoxy) is 1. The average Bonchev–Trinajstić information content (AvgIpc) is 2.54. The summed E-state index contributed by atoms with van der Waals surface area (Å²) in [6.07, 6.45) is 0.973. The van der Waals surface area contributed by atoms with Crippen molar-refractivity contribution in [3.05, 3.63) is 53.6 Å². The average molecular weight is 284 g/mol. The molecule has 0 heterocycles. The molecule has 4 heteroatoms. The summed E-state index contributed by atoms with van der Waals surface area (Å²) in [5.41, 5.74) is 8.86. The van der Waals surface area contributed by atoms with Gasteiger partial charge in [-0.25, -0.2) is 0 Å². The van der Waals surface area contributed by atoms with Gasteiger partial charge in [0.05, 0.1) is 12.7 Å². The first kappa shape index (κ1) is 14.9. The van der Waals surface area contributed by atoms with E-state index < -0.39 is 0 Å². The number of rotatable bonds is 4. The predicted octanol–water partition coefficient (Wildman–Crippen LogP) is 3.12. The fourth-order valence-corrected chi connectivity index (χ4v) is 2.10. The molecule has 21 heavy (non-hydrogen) atoms. The Hall–Kier alpha value is -2.49. The standard InChI is InChI=1S/C17H20N2O2/c1-4-12-5-7-13(8-6-12)19(2)17(20)15-11-14(21-3)9-10-16(15)18/h5-11H,4,18H2,1-3H3. The van der Waals surface area contributed by atoms with Crippen LogP contribution in [0.3, 0.4) is 0 Å². The molecule has 0 radical (unpaired) electrons. The SMILES string of the molecule is CCc1ccc(N(C)C(=O)c2cc(OC)ccc2N)cc1. The number of amides is 1. The zero-order chi connectivity index (χ0) is 15.4. The van der Waals surface area contributed by atoms with E-state index in [0.717, 1.165) is 12.1 Å². The molecule has 0 aromatic heterocycles. The zero-order valence-corrected chi connectivity index (χ0v) is 12.6. The number of hydrogen-bond acceptors (Lipinski definition) is 3. The minimum atomic E-state index is -0.157. The van der Waals surface area contributed by atoms with Gasteiger partial charge in [-0.05, 0) is 42.3 Å². The second kappa shape index (κ2) is 6.31. The highest BCUT2D eigenvalue weighted by Gasteiger charge is 2.17. The first-order valence-electron chi connectivity index (χ1n) is 6.87. The van der Waals surface area contributed by atoms with E-state index in [1.807, 2.05) is 24.3 Å². The Bertz CT molecular complexity index is 636. The Labute approximate surface area is 125 Å². The Morgan fingerprint density at radius 3 is 2.43 bits per heavy atom. The number of carbonyl (C=O) groups is 1. The number of methoxy groups -OCH3 is 1. The largest absolute Gasteiger partial charge is 0.497 e. The summed E-state index contributed by atoms with van der Waals surface area (Å²) in [6, 6.07) is 13.0. The third kappa shape index (κ3) is 3.16. The third-order valence-electron chi connectivity index (χ3n) is 3.53. The quantitative estimate of drug-likeness (QED) is 0.878. The van der Waals surface area contributed by atoms with Crippen molar-refractivity contribution in [2.45, 2.75) is 13.3 Å². The van der Waals surface area contributed by atoms with E-state index in [2.05, 4.69) is 6.92 Å². The van der Waals surface area contributed by atoms with Crippen molar-refractivity contribution in [3.63, 3.8) is 0 Å². The van der Waals surface area contributed by atoms with E-state index >= 15 is 0 Å². The van der Waals surface area contributed by atoms with Crippen LogP contribution in [-0.2, 0) is 6.42 Å². The van der Waals surface area contributed by atoms with Gasteiger partial charge in [-0.3, -0.25) is 4.79 Å². The molecular formula is C17H20N2O2. The lowest BCUT2D eigenvalue weighted by Gasteiger charge is -2.19. The highest BCUT2D eigenvalue weighted by atomic mass is 16.5. The zero-order valence-electron chi connectivity index (χ0n) is 12.6. The molecule has 0 unspecified atom stereocenters. The number of carbonyl (C=O) groups excluding carboxylic acids is 1. The third-order valence-corrected chi connectivity index (χ3v) is 3.53. The summed E-state index contributed by atoms with van der Waals surface area (Å²) in [5, 5.41) is 0. The summed E-state index contributed by atoms with van der Waals surface area (Å²) in [6.45, 7) is 2.10. The molecule has 0 aliphatic rings. The summed E-state index contributed by atoms with van der Waals surface area (Å²) in [4.78, 5) is 14.2. The van der Waals surface area contributed by atoms with Crippen molar-refractivity contribution >= 4 is 17.3 Å². The van der Waals surface area contributed by atoms with Crippen LogP contribution < -0.4 is 15.4 Å². The van der Waals surface area contributed by atoms with Gasteiger partial charge in [0.25, 0.3) is 5.91 Å². The van der Waals surface area contributed by atoms with Gasteiger partial charge in [0.15, 0.2) is 0 Å².